The quantitative estimate of drug-likeness (QED) is 0.730. The minimum Gasteiger partial charge on any atom is -0.477 e. The molecule has 0 aliphatic heterocycles. The molecule has 0 amide bonds. The number of rotatable bonds is 2. The molecule has 0 radical (unpaired) electrons. The minimum atomic E-state index is -0.854. The van der Waals surface area contributed by atoms with Crippen molar-refractivity contribution in [2.45, 2.75) is 27.3 Å². The van der Waals surface area contributed by atoms with Gasteiger partial charge in [-0.15, -0.1) is 0 Å². The lowest BCUT2D eigenvalue weighted by atomic mass is 10.3. The summed E-state index contributed by atoms with van der Waals surface area (Å²) < 4.78 is 1.80. The molecule has 0 atom stereocenters. The Kier molecular flexibility index (Phi) is 2.22. The number of hydrogen-bond donors (Lipinski definition) is 1. The number of aromatic nitrogens is 1. The van der Waals surface area contributed by atoms with Gasteiger partial charge < -0.3 is 9.67 Å². The second-order valence-corrected chi connectivity index (χ2v) is 2.85. The van der Waals surface area contributed by atoms with Gasteiger partial charge in [-0.05, 0) is 32.4 Å². The Bertz CT molecular complexity index is 313. The Morgan fingerprint density at radius 2 is 2.17 bits per heavy atom. The first-order chi connectivity index (χ1) is 5.57. The van der Waals surface area contributed by atoms with Crippen LogP contribution in [0.4, 0.5) is 0 Å². The Morgan fingerprint density at radius 3 is 2.50 bits per heavy atom. The third-order valence-electron chi connectivity index (χ3n) is 2.15. The van der Waals surface area contributed by atoms with Crippen molar-refractivity contribution in [1.82, 2.24) is 4.57 Å². The van der Waals surface area contributed by atoms with Gasteiger partial charge in [0.15, 0.2) is 0 Å². The number of aromatic carboxylic acids is 1. The summed E-state index contributed by atoms with van der Waals surface area (Å²) in [4.78, 5) is 10.7. The molecular weight excluding hydrogens is 154 g/mol. The molecule has 0 aromatic carbocycles. The molecule has 1 aromatic rings. The summed E-state index contributed by atoms with van der Waals surface area (Å²) in [5.41, 5.74) is 2.46. The van der Waals surface area contributed by atoms with Gasteiger partial charge in [0.05, 0.1) is 0 Å². The molecule has 0 spiro atoms. The summed E-state index contributed by atoms with van der Waals surface area (Å²) >= 11 is 0. The molecule has 66 valence electrons. The third-order valence-corrected chi connectivity index (χ3v) is 2.15. The van der Waals surface area contributed by atoms with Crippen molar-refractivity contribution < 1.29 is 9.90 Å². The highest BCUT2D eigenvalue weighted by atomic mass is 16.4. The van der Waals surface area contributed by atoms with Crippen LogP contribution in [-0.4, -0.2) is 15.6 Å². The number of hydrogen-bond acceptors (Lipinski definition) is 1. The van der Waals surface area contributed by atoms with E-state index in [0.717, 1.165) is 11.3 Å². The topological polar surface area (TPSA) is 42.2 Å². The average molecular weight is 167 g/mol. The fourth-order valence-electron chi connectivity index (χ4n) is 1.37. The predicted molar refractivity (Wildman–Crippen MR) is 46.5 cm³/mol. The van der Waals surface area contributed by atoms with E-state index in [0.29, 0.717) is 12.2 Å². The molecule has 0 aliphatic rings. The lowest BCUT2D eigenvalue weighted by Crippen LogP contribution is -2.08. The second kappa shape index (κ2) is 3.01. The van der Waals surface area contributed by atoms with Gasteiger partial charge in [-0.3, -0.25) is 0 Å². The average Bonchev–Trinajstić information content (AvgIpc) is 2.29. The molecule has 3 heteroatoms. The molecule has 0 aliphatic carbocycles. The highest BCUT2D eigenvalue weighted by Crippen LogP contribution is 2.13. The summed E-state index contributed by atoms with van der Waals surface area (Å²) in [7, 11) is 0. The van der Waals surface area contributed by atoms with Crippen LogP contribution < -0.4 is 0 Å². The monoisotopic (exact) mass is 167 g/mol. The normalized spacial score (nSPS) is 10.2. The number of aryl methyl sites for hydroxylation is 1. The van der Waals surface area contributed by atoms with Crippen molar-refractivity contribution in [1.29, 1.82) is 0 Å². The highest BCUT2D eigenvalue weighted by Gasteiger charge is 2.12. The zero-order valence-electron chi connectivity index (χ0n) is 7.59. The lowest BCUT2D eigenvalue weighted by molar-refractivity contribution is 0.0685. The molecule has 0 unspecified atom stereocenters. The van der Waals surface area contributed by atoms with Crippen molar-refractivity contribution in [3.05, 3.63) is 23.0 Å². The Labute approximate surface area is 71.6 Å². The largest absolute Gasteiger partial charge is 0.477 e. The molecule has 12 heavy (non-hydrogen) atoms. The third kappa shape index (κ3) is 1.22. The lowest BCUT2D eigenvalue weighted by Gasteiger charge is -2.04. The van der Waals surface area contributed by atoms with Gasteiger partial charge in [0, 0.05) is 12.2 Å². The van der Waals surface area contributed by atoms with E-state index in [1.54, 1.807) is 10.6 Å². The first-order valence-electron chi connectivity index (χ1n) is 3.98. The first kappa shape index (κ1) is 8.84. The zero-order valence-corrected chi connectivity index (χ0v) is 7.59. The van der Waals surface area contributed by atoms with Crippen molar-refractivity contribution in [3.63, 3.8) is 0 Å². The van der Waals surface area contributed by atoms with Crippen molar-refractivity contribution in [3.8, 4) is 0 Å². The van der Waals surface area contributed by atoms with Gasteiger partial charge in [-0.1, -0.05) is 0 Å². The van der Waals surface area contributed by atoms with Gasteiger partial charge in [0.2, 0.25) is 0 Å². The maximum Gasteiger partial charge on any atom is 0.352 e. The van der Waals surface area contributed by atoms with Crippen LogP contribution in [0, 0.1) is 13.8 Å². The molecule has 1 aromatic heterocycles. The van der Waals surface area contributed by atoms with Crippen molar-refractivity contribution >= 4 is 5.97 Å². The summed E-state index contributed by atoms with van der Waals surface area (Å²) in [5, 5.41) is 8.81. The van der Waals surface area contributed by atoms with Gasteiger partial charge in [0.1, 0.15) is 5.69 Å². The van der Waals surface area contributed by atoms with E-state index in [1.807, 2.05) is 20.8 Å². The maximum atomic E-state index is 10.7. The van der Waals surface area contributed by atoms with Crippen LogP contribution in [0.5, 0.6) is 0 Å². The zero-order chi connectivity index (χ0) is 9.30. The molecule has 0 saturated carbocycles. The van der Waals surface area contributed by atoms with Crippen molar-refractivity contribution in [2.75, 3.05) is 0 Å². The van der Waals surface area contributed by atoms with E-state index < -0.39 is 5.97 Å². The fraction of sp³-hybridized carbons (Fsp3) is 0.444. The smallest absolute Gasteiger partial charge is 0.352 e. The van der Waals surface area contributed by atoms with E-state index in [1.165, 1.54) is 0 Å². The first-order valence-corrected chi connectivity index (χ1v) is 3.98. The maximum absolute atomic E-state index is 10.7. The van der Waals surface area contributed by atoms with E-state index >= 15 is 0 Å². The summed E-state index contributed by atoms with van der Waals surface area (Å²) in [6.07, 6.45) is 0. The van der Waals surface area contributed by atoms with Gasteiger partial charge in [-0.2, -0.15) is 0 Å². The predicted octanol–water partition coefficient (Wildman–Crippen LogP) is 1.82. The molecular formula is C9H13NO2. The SMILES string of the molecule is CCn1c(C(=O)O)cc(C)c1C. The second-order valence-electron chi connectivity index (χ2n) is 2.85. The molecule has 1 rings (SSSR count). The standard InChI is InChI=1S/C9H13NO2/c1-4-10-7(3)6(2)5-8(10)9(11)12/h5H,4H2,1-3H3,(H,11,12). The molecule has 1 N–H and O–H groups in total. The van der Waals surface area contributed by atoms with E-state index in [4.69, 9.17) is 5.11 Å². The minimum absolute atomic E-state index is 0.382. The number of carboxylic acid groups (broad SMARTS) is 1. The van der Waals surface area contributed by atoms with Gasteiger partial charge >= 0.3 is 5.97 Å². The fourth-order valence-corrected chi connectivity index (χ4v) is 1.37. The summed E-state index contributed by atoms with van der Waals surface area (Å²) in [6.45, 7) is 6.51. The van der Waals surface area contributed by atoms with Crippen LogP contribution in [0.3, 0.4) is 0 Å². The molecule has 0 saturated heterocycles. The Balaban J connectivity index is 3.29. The van der Waals surface area contributed by atoms with Crippen LogP contribution in [0.1, 0.15) is 28.7 Å². The number of nitrogens with zero attached hydrogens (tertiary/aromatic N) is 1. The number of carbonyl (C=O) groups is 1. The van der Waals surface area contributed by atoms with E-state index in [-0.39, 0.29) is 0 Å². The molecule has 3 nitrogen and oxygen atoms in total. The van der Waals surface area contributed by atoms with Crippen LogP contribution in [0.15, 0.2) is 6.07 Å². The van der Waals surface area contributed by atoms with Crippen LogP contribution in [0.25, 0.3) is 0 Å². The van der Waals surface area contributed by atoms with Gasteiger partial charge in [-0.25, -0.2) is 4.79 Å². The Hall–Kier alpha value is -1.25. The molecule has 1 heterocycles. The van der Waals surface area contributed by atoms with Crippen molar-refractivity contribution in [2.24, 2.45) is 0 Å². The molecule has 0 fully saturated rings. The van der Waals surface area contributed by atoms with Gasteiger partial charge in [0.25, 0.3) is 0 Å². The van der Waals surface area contributed by atoms with Crippen LogP contribution >= 0.6 is 0 Å². The highest BCUT2D eigenvalue weighted by molar-refractivity contribution is 5.86. The summed E-state index contributed by atoms with van der Waals surface area (Å²) in [6, 6.07) is 1.71. The van der Waals surface area contributed by atoms with Crippen LogP contribution in [0.2, 0.25) is 0 Å². The Morgan fingerprint density at radius 1 is 1.58 bits per heavy atom. The van der Waals surface area contributed by atoms with E-state index in [9.17, 15) is 4.79 Å². The summed E-state index contributed by atoms with van der Waals surface area (Å²) in [5.74, 6) is -0.854. The number of carboxylic acids is 1. The molecule has 0 bridgehead atoms. The van der Waals surface area contributed by atoms with E-state index in [2.05, 4.69) is 0 Å². The van der Waals surface area contributed by atoms with Crippen LogP contribution in [-0.2, 0) is 6.54 Å².